The Hall–Kier alpha value is -1.60. The van der Waals surface area contributed by atoms with Crippen molar-refractivity contribution in [1.29, 1.82) is 0 Å². The SMILES string of the molecule is CS(=O)(=O)N[C@H]1CCCN(C(=O)[C@@H]2COc3ccccc3C2)C1. The monoisotopic (exact) mass is 338 g/mol. The first-order valence-corrected chi connectivity index (χ1v) is 9.78. The summed E-state index contributed by atoms with van der Waals surface area (Å²) in [6.07, 6.45) is 3.40. The first-order chi connectivity index (χ1) is 10.9. The van der Waals surface area contributed by atoms with Crippen molar-refractivity contribution in [2.45, 2.75) is 25.3 Å². The summed E-state index contributed by atoms with van der Waals surface area (Å²) in [5.74, 6) is 0.716. The van der Waals surface area contributed by atoms with Crippen molar-refractivity contribution in [2.24, 2.45) is 5.92 Å². The molecule has 23 heavy (non-hydrogen) atoms. The first kappa shape index (κ1) is 16.3. The lowest BCUT2D eigenvalue weighted by Gasteiger charge is -2.36. The van der Waals surface area contributed by atoms with Crippen LogP contribution < -0.4 is 9.46 Å². The Balaban J connectivity index is 1.64. The molecule has 2 aliphatic heterocycles. The van der Waals surface area contributed by atoms with Crippen LogP contribution >= 0.6 is 0 Å². The molecule has 6 nitrogen and oxygen atoms in total. The summed E-state index contributed by atoms with van der Waals surface area (Å²) in [5, 5.41) is 0. The highest BCUT2D eigenvalue weighted by molar-refractivity contribution is 7.88. The fraction of sp³-hybridized carbons (Fsp3) is 0.562. The van der Waals surface area contributed by atoms with Crippen molar-refractivity contribution in [2.75, 3.05) is 26.0 Å². The molecule has 2 heterocycles. The number of likely N-dealkylation sites (tertiary alicyclic amines) is 1. The number of fused-ring (bicyclic) bond motifs is 1. The van der Waals surface area contributed by atoms with Gasteiger partial charge in [-0.05, 0) is 30.9 Å². The van der Waals surface area contributed by atoms with E-state index in [0.29, 0.717) is 26.1 Å². The van der Waals surface area contributed by atoms with Crippen molar-refractivity contribution in [3.05, 3.63) is 29.8 Å². The molecule has 1 aromatic carbocycles. The number of nitrogens with one attached hydrogen (secondary N) is 1. The van der Waals surface area contributed by atoms with Crippen LogP contribution in [0.4, 0.5) is 0 Å². The Bertz CT molecular complexity index is 689. The number of piperidine rings is 1. The normalized spacial score (nSPS) is 24.7. The van der Waals surface area contributed by atoms with Crippen LogP contribution in [0, 0.1) is 5.92 Å². The number of carbonyl (C=O) groups excluding carboxylic acids is 1. The molecule has 0 aromatic heterocycles. The molecular weight excluding hydrogens is 316 g/mol. The minimum absolute atomic E-state index is 0.0551. The van der Waals surface area contributed by atoms with Crippen molar-refractivity contribution >= 4 is 15.9 Å². The molecule has 1 aromatic rings. The Morgan fingerprint density at radius 3 is 2.91 bits per heavy atom. The van der Waals surface area contributed by atoms with Crippen LogP contribution in [0.25, 0.3) is 0 Å². The van der Waals surface area contributed by atoms with Crippen molar-refractivity contribution in [3.63, 3.8) is 0 Å². The molecule has 0 aliphatic carbocycles. The average molecular weight is 338 g/mol. The van der Waals surface area contributed by atoms with Crippen LogP contribution in [0.3, 0.4) is 0 Å². The summed E-state index contributed by atoms with van der Waals surface area (Å²) in [6.45, 7) is 1.50. The average Bonchev–Trinajstić information content (AvgIpc) is 2.52. The summed E-state index contributed by atoms with van der Waals surface area (Å²) >= 11 is 0. The Morgan fingerprint density at radius 1 is 1.35 bits per heavy atom. The molecule has 2 aliphatic rings. The van der Waals surface area contributed by atoms with Gasteiger partial charge in [0.1, 0.15) is 12.4 Å². The zero-order valence-corrected chi connectivity index (χ0v) is 14.0. The van der Waals surface area contributed by atoms with Crippen LogP contribution in [-0.2, 0) is 21.2 Å². The van der Waals surface area contributed by atoms with Gasteiger partial charge in [0.2, 0.25) is 15.9 Å². The predicted octanol–water partition coefficient (Wildman–Crippen LogP) is 0.778. The molecule has 3 rings (SSSR count). The maximum Gasteiger partial charge on any atom is 0.229 e. The summed E-state index contributed by atoms with van der Waals surface area (Å²) < 4.78 is 31.1. The lowest BCUT2D eigenvalue weighted by Crippen LogP contribution is -2.51. The highest BCUT2D eigenvalue weighted by Crippen LogP contribution is 2.28. The molecule has 1 N–H and O–H groups in total. The first-order valence-electron chi connectivity index (χ1n) is 7.89. The van der Waals surface area contributed by atoms with Crippen LogP contribution in [0.15, 0.2) is 24.3 Å². The second kappa shape index (κ2) is 6.49. The topological polar surface area (TPSA) is 75.7 Å². The van der Waals surface area contributed by atoms with Gasteiger partial charge in [-0.2, -0.15) is 0 Å². The number of hydrogen-bond donors (Lipinski definition) is 1. The second-order valence-electron chi connectivity index (χ2n) is 6.33. The van der Waals surface area contributed by atoms with Crippen molar-refractivity contribution < 1.29 is 17.9 Å². The summed E-state index contributed by atoms with van der Waals surface area (Å²) in [7, 11) is -3.25. The van der Waals surface area contributed by atoms with E-state index in [1.165, 1.54) is 0 Å². The molecule has 0 bridgehead atoms. The lowest BCUT2D eigenvalue weighted by atomic mass is 9.94. The number of para-hydroxylation sites is 1. The van der Waals surface area contributed by atoms with Gasteiger partial charge in [-0.15, -0.1) is 0 Å². The number of ether oxygens (including phenoxy) is 1. The Labute approximate surface area is 136 Å². The van der Waals surface area contributed by atoms with Gasteiger partial charge in [-0.3, -0.25) is 4.79 Å². The molecule has 1 fully saturated rings. The van der Waals surface area contributed by atoms with E-state index in [1.54, 1.807) is 4.90 Å². The molecule has 7 heteroatoms. The van der Waals surface area contributed by atoms with E-state index in [9.17, 15) is 13.2 Å². The summed E-state index contributed by atoms with van der Waals surface area (Å²) in [5.41, 5.74) is 1.06. The van der Waals surface area contributed by atoms with Gasteiger partial charge in [-0.1, -0.05) is 18.2 Å². The zero-order valence-electron chi connectivity index (χ0n) is 13.2. The molecule has 1 amide bonds. The quantitative estimate of drug-likeness (QED) is 0.884. The highest BCUT2D eigenvalue weighted by Gasteiger charge is 2.32. The van der Waals surface area contributed by atoms with Gasteiger partial charge in [-0.25, -0.2) is 13.1 Å². The fourth-order valence-corrected chi connectivity index (χ4v) is 4.12. The van der Waals surface area contributed by atoms with Crippen LogP contribution in [0.5, 0.6) is 5.75 Å². The molecule has 0 radical (unpaired) electrons. The highest BCUT2D eigenvalue weighted by atomic mass is 32.2. The van der Waals surface area contributed by atoms with E-state index in [0.717, 1.165) is 30.4 Å². The van der Waals surface area contributed by atoms with Crippen molar-refractivity contribution in [1.82, 2.24) is 9.62 Å². The molecule has 126 valence electrons. The van der Waals surface area contributed by atoms with E-state index in [1.807, 2.05) is 24.3 Å². The number of sulfonamides is 1. The maximum atomic E-state index is 12.7. The maximum absolute atomic E-state index is 12.7. The van der Waals surface area contributed by atoms with Gasteiger partial charge in [0.25, 0.3) is 0 Å². The standard InChI is InChI=1S/C16H22N2O4S/c1-23(20,21)17-14-6-4-8-18(10-14)16(19)13-9-12-5-2-3-7-15(12)22-11-13/h2-3,5,7,13-14,17H,4,6,8-11H2,1H3/t13-,14-/m0/s1. The number of rotatable bonds is 3. The van der Waals surface area contributed by atoms with Crippen LogP contribution in [0.2, 0.25) is 0 Å². The molecular formula is C16H22N2O4S. The fourth-order valence-electron chi connectivity index (χ4n) is 3.32. The second-order valence-corrected chi connectivity index (χ2v) is 8.11. The lowest BCUT2D eigenvalue weighted by molar-refractivity contribution is -0.138. The number of hydrogen-bond acceptors (Lipinski definition) is 4. The van der Waals surface area contributed by atoms with Crippen LogP contribution in [-0.4, -0.2) is 51.2 Å². The van der Waals surface area contributed by atoms with Gasteiger partial charge in [0.05, 0.1) is 12.2 Å². The third-order valence-corrected chi connectivity index (χ3v) is 5.10. The van der Waals surface area contributed by atoms with Gasteiger partial charge >= 0.3 is 0 Å². The van der Waals surface area contributed by atoms with E-state index in [4.69, 9.17) is 4.74 Å². The van der Waals surface area contributed by atoms with Crippen molar-refractivity contribution in [3.8, 4) is 5.75 Å². The molecule has 0 unspecified atom stereocenters. The summed E-state index contributed by atoms with van der Waals surface area (Å²) in [6, 6.07) is 7.58. The van der Waals surface area contributed by atoms with Crippen LogP contribution in [0.1, 0.15) is 18.4 Å². The van der Waals surface area contributed by atoms with Gasteiger partial charge in [0.15, 0.2) is 0 Å². The molecule has 0 spiro atoms. The number of amides is 1. The number of carbonyl (C=O) groups is 1. The van der Waals surface area contributed by atoms with E-state index < -0.39 is 10.0 Å². The Morgan fingerprint density at radius 2 is 2.13 bits per heavy atom. The van der Waals surface area contributed by atoms with Gasteiger partial charge in [0, 0.05) is 19.1 Å². The zero-order chi connectivity index (χ0) is 16.4. The minimum atomic E-state index is -3.25. The minimum Gasteiger partial charge on any atom is -0.492 e. The third-order valence-electron chi connectivity index (χ3n) is 4.34. The number of benzene rings is 1. The summed E-state index contributed by atoms with van der Waals surface area (Å²) in [4.78, 5) is 14.5. The molecule has 0 saturated carbocycles. The number of nitrogens with zero attached hydrogens (tertiary/aromatic N) is 1. The van der Waals surface area contributed by atoms with E-state index in [-0.39, 0.29) is 17.9 Å². The third kappa shape index (κ3) is 4.03. The molecule has 1 saturated heterocycles. The molecule has 2 atom stereocenters. The largest absolute Gasteiger partial charge is 0.492 e. The smallest absolute Gasteiger partial charge is 0.229 e. The van der Waals surface area contributed by atoms with E-state index in [2.05, 4.69) is 4.72 Å². The predicted molar refractivity (Wildman–Crippen MR) is 86.7 cm³/mol. The van der Waals surface area contributed by atoms with Gasteiger partial charge < -0.3 is 9.64 Å². The Kier molecular flexibility index (Phi) is 4.59. The van der Waals surface area contributed by atoms with E-state index >= 15 is 0 Å².